The highest BCUT2D eigenvalue weighted by atomic mass is 32.2. The van der Waals surface area contributed by atoms with Crippen LogP contribution in [0, 0.1) is 5.92 Å². The van der Waals surface area contributed by atoms with Crippen molar-refractivity contribution < 1.29 is 9.59 Å². The largest absolute Gasteiger partial charge is 0.362 e. The maximum Gasteiger partial charge on any atom is 0.253 e. The molecule has 3 fully saturated rings. The number of aliphatic imine (C=N–C) groups is 1. The number of piperidine rings is 1. The van der Waals surface area contributed by atoms with Gasteiger partial charge in [0, 0.05) is 25.3 Å². The second-order valence-electron chi connectivity index (χ2n) is 5.53. The average Bonchev–Trinajstić information content (AvgIpc) is 2.87. The van der Waals surface area contributed by atoms with Crippen LogP contribution in [0.5, 0.6) is 0 Å². The second-order valence-corrected chi connectivity index (χ2v) is 6.54. The fourth-order valence-corrected chi connectivity index (χ4v) is 4.25. The van der Waals surface area contributed by atoms with Crippen LogP contribution in [0.2, 0.25) is 0 Å². The van der Waals surface area contributed by atoms with Crippen LogP contribution in [0.15, 0.2) is 4.99 Å². The molecule has 1 aliphatic carbocycles. The molecule has 3 rings (SSSR count). The van der Waals surface area contributed by atoms with Crippen LogP contribution in [0.4, 0.5) is 0 Å². The van der Waals surface area contributed by atoms with Crippen molar-refractivity contribution in [2.24, 2.45) is 10.9 Å². The zero-order valence-corrected chi connectivity index (χ0v) is 11.9. The van der Waals surface area contributed by atoms with E-state index < -0.39 is 0 Å². The Hall–Kier alpha value is -1.04. The normalized spacial score (nSPS) is 37.4. The summed E-state index contributed by atoms with van der Waals surface area (Å²) in [6.45, 7) is 0. The first-order valence-corrected chi connectivity index (χ1v) is 7.91. The third-order valence-electron chi connectivity index (χ3n) is 4.30. The number of nitrogens with zero attached hydrogens (tertiary/aromatic N) is 2. The maximum atomic E-state index is 12.0. The summed E-state index contributed by atoms with van der Waals surface area (Å²) in [5.41, 5.74) is 0. The van der Waals surface area contributed by atoms with Crippen molar-refractivity contribution in [3.05, 3.63) is 0 Å². The van der Waals surface area contributed by atoms with E-state index in [0.717, 1.165) is 16.8 Å². The predicted octanol–water partition coefficient (Wildman–Crippen LogP) is 0.995. The van der Waals surface area contributed by atoms with Gasteiger partial charge in [-0.05, 0) is 25.2 Å². The van der Waals surface area contributed by atoms with Gasteiger partial charge in [0.05, 0.1) is 0 Å². The van der Waals surface area contributed by atoms with E-state index in [1.54, 1.807) is 18.8 Å². The van der Waals surface area contributed by atoms with Crippen LogP contribution in [0.25, 0.3) is 0 Å². The number of amides is 2. The van der Waals surface area contributed by atoms with E-state index in [2.05, 4.69) is 10.3 Å². The van der Waals surface area contributed by atoms with Crippen molar-refractivity contribution in [2.45, 2.75) is 44.2 Å². The summed E-state index contributed by atoms with van der Waals surface area (Å²) in [7, 11) is 1.55. The Morgan fingerprint density at radius 2 is 2.16 bits per heavy atom. The van der Waals surface area contributed by atoms with E-state index in [1.807, 2.05) is 0 Å². The highest BCUT2D eigenvalue weighted by Gasteiger charge is 2.35. The van der Waals surface area contributed by atoms with E-state index in [4.69, 9.17) is 0 Å². The Morgan fingerprint density at radius 3 is 3.00 bits per heavy atom. The molecule has 2 aliphatic heterocycles. The van der Waals surface area contributed by atoms with Gasteiger partial charge in [-0.25, -0.2) is 4.99 Å². The molecule has 104 valence electrons. The summed E-state index contributed by atoms with van der Waals surface area (Å²) in [6.07, 6.45) is 4.76. The Bertz CT molecular complexity index is 438. The summed E-state index contributed by atoms with van der Waals surface area (Å²) >= 11 is 1.72. The molecule has 0 aromatic heterocycles. The molecule has 3 atom stereocenters. The molecule has 5 nitrogen and oxygen atoms in total. The Labute approximate surface area is 117 Å². The number of thioether (sulfide) groups is 1. The molecule has 0 bridgehead atoms. The molecule has 3 unspecified atom stereocenters. The lowest BCUT2D eigenvalue weighted by Gasteiger charge is -2.30. The van der Waals surface area contributed by atoms with Crippen LogP contribution in [-0.4, -0.2) is 46.8 Å². The van der Waals surface area contributed by atoms with E-state index in [1.165, 1.54) is 24.2 Å². The van der Waals surface area contributed by atoms with Gasteiger partial charge in [-0.15, -0.1) is 0 Å². The monoisotopic (exact) mass is 281 g/mol. The molecule has 0 aromatic rings. The molecular formula is C13H19N3O2S. The first-order valence-electron chi connectivity index (χ1n) is 6.92. The summed E-state index contributed by atoms with van der Waals surface area (Å²) in [4.78, 5) is 29.2. The van der Waals surface area contributed by atoms with Crippen LogP contribution in [-0.2, 0) is 9.59 Å². The lowest BCUT2D eigenvalue weighted by atomic mass is 10.1. The smallest absolute Gasteiger partial charge is 0.253 e. The number of likely N-dealkylation sites (tertiary alicyclic amines) is 1. The number of carbonyl (C=O) groups is 2. The molecule has 3 aliphatic rings. The van der Waals surface area contributed by atoms with Gasteiger partial charge in [-0.3, -0.25) is 14.5 Å². The van der Waals surface area contributed by atoms with Gasteiger partial charge in [0.15, 0.2) is 5.17 Å². The summed E-state index contributed by atoms with van der Waals surface area (Å²) in [6, 6.07) is 0.161. The topological polar surface area (TPSA) is 61.8 Å². The highest BCUT2D eigenvalue weighted by Crippen LogP contribution is 2.33. The van der Waals surface area contributed by atoms with E-state index in [9.17, 15) is 9.59 Å². The molecule has 0 aromatic carbocycles. The fourth-order valence-electron chi connectivity index (χ4n) is 3.05. The fraction of sp³-hybridized carbons (Fsp3) is 0.769. The van der Waals surface area contributed by atoms with E-state index in [0.29, 0.717) is 18.9 Å². The second kappa shape index (κ2) is 5.15. The minimum Gasteiger partial charge on any atom is -0.362 e. The van der Waals surface area contributed by atoms with Gasteiger partial charge >= 0.3 is 0 Å². The quantitative estimate of drug-likeness (QED) is 0.728. The van der Waals surface area contributed by atoms with Gasteiger partial charge in [-0.1, -0.05) is 18.2 Å². The van der Waals surface area contributed by atoms with Crippen LogP contribution >= 0.6 is 11.8 Å². The van der Waals surface area contributed by atoms with Gasteiger partial charge in [-0.2, -0.15) is 0 Å². The number of nitrogens with one attached hydrogen (secondary N) is 1. The third kappa shape index (κ3) is 2.50. The number of rotatable bonds is 1. The highest BCUT2D eigenvalue weighted by molar-refractivity contribution is 8.13. The standard InChI is InChI=1S/C13H19N3O2S/c1-16-11(17)6-5-10(12(16)18)15-13-14-9-4-2-3-8(9)7-19-13/h8-10H,2-7H2,1H3,(H,14,15). The van der Waals surface area contributed by atoms with Crippen LogP contribution in [0.1, 0.15) is 32.1 Å². The third-order valence-corrected chi connectivity index (χ3v) is 5.39. The van der Waals surface area contributed by atoms with Gasteiger partial charge < -0.3 is 5.32 Å². The van der Waals surface area contributed by atoms with Crippen molar-refractivity contribution in [1.29, 1.82) is 0 Å². The zero-order valence-electron chi connectivity index (χ0n) is 11.1. The minimum absolute atomic E-state index is 0.0958. The first kappa shape index (κ1) is 13.0. The van der Waals surface area contributed by atoms with Crippen molar-refractivity contribution >= 4 is 28.7 Å². The molecule has 2 heterocycles. The SMILES string of the molecule is CN1C(=O)CCC(N=C2NC3CCCC3CS2)C1=O. The maximum absolute atomic E-state index is 12.0. The predicted molar refractivity (Wildman–Crippen MR) is 75.0 cm³/mol. The molecule has 1 N–H and O–H groups in total. The Morgan fingerprint density at radius 1 is 1.32 bits per heavy atom. The molecule has 2 amide bonds. The number of hydrogen-bond acceptors (Lipinski definition) is 4. The van der Waals surface area contributed by atoms with Crippen molar-refractivity contribution in [1.82, 2.24) is 10.2 Å². The van der Waals surface area contributed by atoms with Gasteiger partial charge in [0.1, 0.15) is 6.04 Å². The Kier molecular flexibility index (Phi) is 3.52. The van der Waals surface area contributed by atoms with Crippen molar-refractivity contribution in [2.75, 3.05) is 12.8 Å². The lowest BCUT2D eigenvalue weighted by molar-refractivity contribution is -0.147. The number of amidine groups is 1. The molecule has 6 heteroatoms. The number of imide groups is 1. The molecule has 0 radical (unpaired) electrons. The number of likely N-dealkylation sites (N-methyl/N-ethyl adjacent to an activating group) is 1. The Balaban J connectivity index is 1.68. The first-order chi connectivity index (χ1) is 9.15. The van der Waals surface area contributed by atoms with Crippen molar-refractivity contribution in [3.8, 4) is 0 Å². The molecule has 0 spiro atoms. The minimum atomic E-state index is -0.379. The molecule has 2 saturated heterocycles. The number of fused-ring (bicyclic) bond motifs is 1. The summed E-state index contributed by atoms with van der Waals surface area (Å²) in [5, 5.41) is 4.36. The van der Waals surface area contributed by atoms with E-state index >= 15 is 0 Å². The van der Waals surface area contributed by atoms with Crippen molar-refractivity contribution in [3.63, 3.8) is 0 Å². The molecule has 19 heavy (non-hydrogen) atoms. The van der Waals surface area contributed by atoms with E-state index in [-0.39, 0.29) is 17.9 Å². The summed E-state index contributed by atoms with van der Waals surface area (Å²) < 4.78 is 0. The van der Waals surface area contributed by atoms with Crippen LogP contribution < -0.4 is 5.32 Å². The summed E-state index contributed by atoms with van der Waals surface area (Å²) in [5.74, 6) is 1.60. The lowest BCUT2D eigenvalue weighted by Crippen LogP contribution is -2.47. The molecule has 1 saturated carbocycles. The average molecular weight is 281 g/mol. The van der Waals surface area contributed by atoms with Crippen LogP contribution in [0.3, 0.4) is 0 Å². The zero-order chi connectivity index (χ0) is 13.4. The number of hydrogen-bond donors (Lipinski definition) is 1. The van der Waals surface area contributed by atoms with Gasteiger partial charge in [0.25, 0.3) is 5.91 Å². The van der Waals surface area contributed by atoms with Gasteiger partial charge in [0.2, 0.25) is 5.91 Å². The molecular weight excluding hydrogens is 262 g/mol. The number of carbonyl (C=O) groups excluding carboxylic acids is 2.